The molecule has 2 unspecified atom stereocenters. The van der Waals surface area contributed by atoms with E-state index in [4.69, 9.17) is 4.74 Å². The zero-order valence-electron chi connectivity index (χ0n) is 13.2. The van der Waals surface area contributed by atoms with E-state index in [1.807, 2.05) is 11.8 Å². The Bertz CT molecular complexity index is 263. The third kappa shape index (κ3) is 4.14. The standard InChI is InChI=1S/C15H31NOS/c1-11(2)9-17-13-8-12(15(13,5)6)16-10-14(3,4)18-7/h11-13,16H,8-10H2,1-7H3. The maximum atomic E-state index is 6.00. The van der Waals surface area contributed by atoms with E-state index in [-0.39, 0.29) is 5.41 Å². The molecule has 1 saturated carbocycles. The van der Waals surface area contributed by atoms with E-state index in [9.17, 15) is 0 Å². The minimum absolute atomic E-state index is 0.267. The Morgan fingerprint density at radius 3 is 2.44 bits per heavy atom. The Kier molecular flexibility index (Phi) is 5.58. The fraction of sp³-hybridized carbons (Fsp3) is 1.00. The molecule has 0 spiro atoms. The molecule has 2 nitrogen and oxygen atoms in total. The minimum atomic E-state index is 0.267. The second kappa shape index (κ2) is 6.15. The normalized spacial score (nSPS) is 27.3. The highest BCUT2D eigenvalue weighted by Crippen LogP contribution is 2.43. The van der Waals surface area contributed by atoms with Gasteiger partial charge in [-0.25, -0.2) is 0 Å². The molecule has 0 radical (unpaired) electrons. The quantitative estimate of drug-likeness (QED) is 0.766. The van der Waals surface area contributed by atoms with Crippen molar-refractivity contribution in [1.29, 1.82) is 0 Å². The average molecular weight is 273 g/mol. The van der Waals surface area contributed by atoms with Crippen LogP contribution in [0.4, 0.5) is 0 Å². The first-order valence-electron chi connectivity index (χ1n) is 7.09. The van der Waals surface area contributed by atoms with Crippen LogP contribution >= 0.6 is 11.8 Å². The first-order valence-corrected chi connectivity index (χ1v) is 8.31. The number of rotatable bonds is 7. The molecule has 18 heavy (non-hydrogen) atoms. The molecule has 3 heteroatoms. The van der Waals surface area contributed by atoms with Gasteiger partial charge in [-0.2, -0.15) is 11.8 Å². The summed E-state index contributed by atoms with van der Waals surface area (Å²) in [4.78, 5) is 0. The molecule has 0 aromatic heterocycles. The van der Waals surface area contributed by atoms with Crippen LogP contribution in [-0.2, 0) is 4.74 Å². The summed E-state index contributed by atoms with van der Waals surface area (Å²) in [6.07, 6.45) is 3.77. The fourth-order valence-electron chi connectivity index (χ4n) is 2.26. The van der Waals surface area contributed by atoms with Crippen molar-refractivity contribution in [2.75, 3.05) is 19.4 Å². The lowest BCUT2D eigenvalue weighted by Crippen LogP contribution is -2.62. The lowest BCUT2D eigenvalue weighted by molar-refractivity contribution is -0.123. The van der Waals surface area contributed by atoms with Gasteiger partial charge < -0.3 is 10.1 Å². The zero-order valence-corrected chi connectivity index (χ0v) is 14.0. The number of nitrogens with one attached hydrogen (secondary N) is 1. The van der Waals surface area contributed by atoms with Crippen molar-refractivity contribution in [2.24, 2.45) is 11.3 Å². The summed E-state index contributed by atoms with van der Waals surface area (Å²) in [7, 11) is 0. The maximum absolute atomic E-state index is 6.00. The molecule has 108 valence electrons. The minimum Gasteiger partial charge on any atom is -0.377 e. The molecule has 0 aromatic carbocycles. The van der Waals surface area contributed by atoms with Gasteiger partial charge in [0.1, 0.15) is 0 Å². The number of hydrogen-bond donors (Lipinski definition) is 1. The van der Waals surface area contributed by atoms with Crippen LogP contribution in [0.1, 0.15) is 48.0 Å². The average Bonchev–Trinajstić information content (AvgIpc) is 2.26. The Balaban J connectivity index is 2.35. The molecule has 1 aliphatic carbocycles. The van der Waals surface area contributed by atoms with Crippen LogP contribution < -0.4 is 5.32 Å². The van der Waals surface area contributed by atoms with Crippen molar-refractivity contribution >= 4 is 11.8 Å². The van der Waals surface area contributed by atoms with E-state index >= 15 is 0 Å². The van der Waals surface area contributed by atoms with Gasteiger partial charge in [0, 0.05) is 29.4 Å². The Morgan fingerprint density at radius 2 is 2.00 bits per heavy atom. The molecule has 1 rings (SSSR count). The smallest absolute Gasteiger partial charge is 0.0656 e. The van der Waals surface area contributed by atoms with Gasteiger partial charge in [-0.3, -0.25) is 0 Å². The van der Waals surface area contributed by atoms with E-state index in [0.29, 0.717) is 22.8 Å². The lowest BCUT2D eigenvalue weighted by Gasteiger charge is -2.52. The van der Waals surface area contributed by atoms with E-state index in [1.165, 1.54) is 0 Å². The van der Waals surface area contributed by atoms with E-state index in [0.717, 1.165) is 19.6 Å². The van der Waals surface area contributed by atoms with Crippen molar-refractivity contribution in [2.45, 2.75) is 64.9 Å². The van der Waals surface area contributed by atoms with Gasteiger partial charge in [-0.1, -0.05) is 27.7 Å². The number of thioether (sulfide) groups is 1. The summed E-state index contributed by atoms with van der Waals surface area (Å²) in [5, 5.41) is 3.72. The Morgan fingerprint density at radius 1 is 1.39 bits per heavy atom. The molecule has 0 aliphatic heterocycles. The van der Waals surface area contributed by atoms with Gasteiger partial charge in [-0.05, 0) is 32.4 Å². The highest BCUT2D eigenvalue weighted by molar-refractivity contribution is 7.99. The number of hydrogen-bond acceptors (Lipinski definition) is 3. The predicted molar refractivity (Wildman–Crippen MR) is 82.4 cm³/mol. The van der Waals surface area contributed by atoms with Crippen LogP contribution in [0.3, 0.4) is 0 Å². The highest BCUT2D eigenvalue weighted by Gasteiger charge is 2.48. The van der Waals surface area contributed by atoms with Crippen LogP contribution in [0.15, 0.2) is 0 Å². The van der Waals surface area contributed by atoms with Crippen molar-refractivity contribution in [3.05, 3.63) is 0 Å². The van der Waals surface area contributed by atoms with E-state index < -0.39 is 0 Å². The zero-order chi connectivity index (χ0) is 14.0. The molecular weight excluding hydrogens is 242 g/mol. The van der Waals surface area contributed by atoms with E-state index in [2.05, 4.69) is 53.1 Å². The first-order chi connectivity index (χ1) is 8.19. The summed E-state index contributed by atoms with van der Waals surface area (Å²) in [6.45, 7) is 15.6. The first kappa shape index (κ1) is 16.3. The Hall–Kier alpha value is 0.270. The van der Waals surface area contributed by atoms with Crippen LogP contribution in [0.2, 0.25) is 0 Å². The summed E-state index contributed by atoms with van der Waals surface area (Å²) in [5.74, 6) is 0.628. The van der Waals surface area contributed by atoms with Gasteiger partial charge in [0.2, 0.25) is 0 Å². The van der Waals surface area contributed by atoms with Crippen LogP contribution in [-0.4, -0.2) is 36.3 Å². The van der Waals surface area contributed by atoms with Crippen LogP contribution in [0.5, 0.6) is 0 Å². The molecule has 0 bridgehead atoms. The molecule has 1 fully saturated rings. The summed E-state index contributed by atoms with van der Waals surface area (Å²) < 4.78 is 6.32. The van der Waals surface area contributed by atoms with Gasteiger partial charge in [0.25, 0.3) is 0 Å². The van der Waals surface area contributed by atoms with Gasteiger partial charge >= 0.3 is 0 Å². The van der Waals surface area contributed by atoms with Gasteiger partial charge in [-0.15, -0.1) is 0 Å². The maximum Gasteiger partial charge on any atom is 0.0656 e. The van der Waals surface area contributed by atoms with Crippen LogP contribution in [0, 0.1) is 11.3 Å². The molecular formula is C15H31NOS. The van der Waals surface area contributed by atoms with Crippen molar-refractivity contribution in [3.8, 4) is 0 Å². The lowest BCUT2D eigenvalue weighted by atomic mass is 9.64. The van der Waals surface area contributed by atoms with Crippen molar-refractivity contribution in [3.63, 3.8) is 0 Å². The SMILES string of the molecule is CSC(C)(C)CNC1CC(OCC(C)C)C1(C)C. The highest BCUT2D eigenvalue weighted by atomic mass is 32.2. The molecule has 0 amide bonds. The molecule has 0 saturated heterocycles. The molecule has 1 aliphatic rings. The van der Waals surface area contributed by atoms with Gasteiger partial charge in [0.15, 0.2) is 0 Å². The van der Waals surface area contributed by atoms with Crippen molar-refractivity contribution < 1.29 is 4.74 Å². The largest absolute Gasteiger partial charge is 0.377 e. The molecule has 0 heterocycles. The summed E-state index contributed by atoms with van der Waals surface area (Å²) in [6, 6.07) is 0.598. The third-order valence-electron chi connectivity index (χ3n) is 4.14. The Labute approximate surface area is 118 Å². The van der Waals surface area contributed by atoms with E-state index in [1.54, 1.807) is 0 Å². The molecule has 0 aromatic rings. The molecule has 1 N–H and O–H groups in total. The summed E-state index contributed by atoms with van der Waals surface area (Å²) >= 11 is 1.93. The monoisotopic (exact) mass is 273 g/mol. The van der Waals surface area contributed by atoms with Gasteiger partial charge in [0.05, 0.1) is 6.10 Å². The third-order valence-corrected chi connectivity index (χ3v) is 5.38. The number of ether oxygens (including phenoxy) is 1. The second-order valence-electron chi connectivity index (χ2n) is 7.17. The van der Waals surface area contributed by atoms with Crippen molar-refractivity contribution in [1.82, 2.24) is 5.32 Å². The predicted octanol–water partition coefficient (Wildman–Crippen LogP) is 3.56. The summed E-state index contributed by atoms with van der Waals surface area (Å²) in [5.41, 5.74) is 0.267. The molecule has 2 atom stereocenters. The second-order valence-corrected chi connectivity index (χ2v) is 8.68. The fourth-order valence-corrected chi connectivity index (χ4v) is 2.49. The van der Waals surface area contributed by atoms with Crippen LogP contribution in [0.25, 0.3) is 0 Å². The topological polar surface area (TPSA) is 21.3 Å².